The topological polar surface area (TPSA) is 59.0 Å². The Morgan fingerprint density at radius 1 is 0.909 bits per heavy atom. The molecule has 0 aliphatic carbocycles. The van der Waals surface area contributed by atoms with E-state index < -0.39 is 16.3 Å². The fourth-order valence-electron chi connectivity index (χ4n) is 3.99. The number of rotatable bonds is 8. The molecule has 5 nitrogen and oxygen atoms in total. The molecule has 33 heavy (non-hydrogen) atoms. The monoisotopic (exact) mass is 462 g/mol. The first-order chi connectivity index (χ1) is 16.0. The minimum Gasteiger partial charge on any atom is -0.464 e. The first-order valence-electron chi connectivity index (χ1n) is 11.5. The number of anilines is 1. The van der Waals surface area contributed by atoms with E-state index in [0.717, 1.165) is 48.2 Å². The molecule has 0 radical (unpaired) electrons. The Morgan fingerprint density at radius 2 is 1.61 bits per heavy atom. The molecule has 3 aromatic rings. The lowest BCUT2D eigenvalue weighted by Gasteiger charge is -2.27. The second-order valence-electron chi connectivity index (χ2n) is 8.32. The van der Waals surface area contributed by atoms with E-state index in [0.29, 0.717) is 12.3 Å². The average molecular weight is 463 g/mol. The van der Waals surface area contributed by atoms with E-state index in [2.05, 4.69) is 11.3 Å². The van der Waals surface area contributed by atoms with Crippen LogP contribution in [0.15, 0.2) is 88.2 Å². The molecule has 1 aliphatic heterocycles. The molecule has 0 bridgehead atoms. The van der Waals surface area contributed by atoms with Crippen molar-refractivity contribution < 1.29 is 13.2 Å². The van der Waals surface area contributed by atoms with Gasteiger partial charge in [0.05, 0.1) is 10.6 Å². The molecule has 0 aromatic heterocycles. The molecule has 4 rings (SSSR count). The van der Waals surface area contributed by atoms with E-state index >= 15 is 0 Å². The summed E-state index contributed by atoms with van der Waals surface area (Å²) in [5.41, 5.74) is 2.78. The Hall–Kier alpha value is -3.12. The zero-order valence-electron chi connectivity index (χ0n) is 19.1. The van der Waals surface area contributed by atoms with Gasteiger partial charge in [0.25, 0.3) is 10.0 Å². The van der Waals surface area contributed by atoms with Gasteiger partial charge < -0.3 is 4.74 Å². The molecular formula is C27H30N2O3S. The van der Waals surface area contributed by atoms with E-state index in [9.17, 15) is 8.42 Å². The van der Waals surface area contributed by atoms with Gasteiger partial charge in [-0.3, -0.25) is 4.90 Å². The van der Waals surface area contributed by atoms with Gasteiger partial charge in [-0.2, -0.15) is 8.42 Å². The van der Waals surface area contributed by atoms with Crippen LogP contribution in [-0.4, -0.2) is 14.3 Å². The zero-order chi connectivity index (χ0) is 23.3. The SMILES string of the molecule is CCCCCC/C(=N\S(=O)(=O)c1ccc(C)cc1)N1c2ccccc2OC1c1ccccc1. The molecule has 6 heteroatoms. The van der Waals surface area contributed by atoms with Gasteiger partial charge >= 0.3 is 0 Å². The van der Waals surface area contributed by atoms with Gasteiger partial charge in [0.15, 0.2) is 0 Å². The number of amidine groups is 1. The first-order valence-corrected chi connectivity index (χ1v) is 12.9. The van der Waals surface area contributed by atoms with Crippen molar-refractivity contribution in [3.05, 3.63) is 90.0 Å². The van der Waals surface area contributed by atoms with Crippen molar-refractivity contribution in [2.45, 2.75) is 57.1 Å². The number of aryl methyl sites for hydroxylation is 1. The summed E-state index contributed by atoms with van der Waals surface area (Å²) in [5, 5.41) is 0. The lowest BCUT2D eigenvalue weighted by molar-refractivity contribution is 0.242. The molecular weight excluding hydrogens is 432 g/mol. The van der Waals surface area contributed by atoms with Crippen molar-refractivity contribution in [1.82, 2.24) is 0 Å². The van der Waals surface area contributed by atoms with Gasteiger partial charge in [-0.15, -0.1) is 4.40 Å². The van der Waals surface area contributed by atoms with E-state index in [1.165, 1.54) is 0 Å². The number of fused-ring (bicyclic) bond motifs is 1. The summed E-state index contributed by atoms with van der Waals surface area (Å²) in [5.74, 6) is 1.23. The molecule has 1 aliphatic rings. The van der Waals surface area contributed by atoms with Crippen LogP contribution in [-0.2, 0) is 10.0 Å². The van der Waals surface area contributed by atoms with E-state index in [4.69, 9.17) is 4.74 Å². The van der Waals surface area contributed by atoms with Crippen LogP contribution in [0.1, 0.15) is 56.4 Å². The Kier molecular flexibility index (Phi) is 7.14. The molecule has 0 spiro atoms. The third kappa shape index (κ3) is 5.28. The summed E-state index contributed by atoms with van der Waals surface area (Å²) in [6.07, 6.45) is 4.17. The van der Waals surface area contributed by atoms with Gasteiger partial charge in [0, 0.05) is 12.0 Å². The van der Waals surface area contributed by atoms with Gasteiger partial charge in [-0.25, -0.2) is 0 Å². The largest absolute Gasteiger partial charge is 0.464 e. The molecule has 0 fully saturated rings. The quantitative estimate of drug-likeness (QED) is 0.214. The number of nitrogens with zero attached hydrogens (tertiary/aromatic N) is 2. The van der Waals surface area contributed by atoms with Crippen LogP contribution in [0.4, 0.5) is 5.69 Å². The molecule has 1 atom stereocenters. The normalized spacial score (nSPS) is 15.9. The first kappa shape index (κ1) is 23.1. The van der Waals surface area contributed by atoms with Crippen LogP contribution in [0.2, 0.25) is 0 Å². The maximum atomic E-state index is 13.3. The number of benzene rings is 3. The molecule has 172 valence electrons. The van der Waals surface area contributed by atoms with Crippen LogP contribution < -0.4 is 9.64 Å². The Labute approximate surface area is 196 Å². The molecule has 0 N–H and O–H groups in total. The Bertz CT molecular complexity index is 1210. The third-order valence-electron chi connectivity index (χ3n) is 5.76. The zero-order valence-corrected chi connectivity index (χ0v) is 20.0. The molecule has 3 aromatic carbocycles. The maximum absolute atomic E-state index is 13.3. The van der Waals surface area contributed by atoms with Crippen molar-refractivity contribution >= 4 is 21.5 Å². The highest BCUT2D eigenvalue weighted by Crippen LogP contribution is 2.44. The van der Waals surface area contributed by atoms with Crippen LogP contribution in [0, 0.1) is 6.92 Å². The van der Waals surface area contributed by atoms with Crippen molar-refractivity contribution in [2.24, 2.45) is 4.40 Å². The number of unbranched alkanes of at least 4 members (excludes halogenated alkanes) is 3. The Morgan fingerprint density at radius 3 is 2.33 bits per heavy atom. The Balaban J connectivity index is 1.79. The van der Waals surface area contributed by atoms with Crippen molar-refractivity contribution in [2.75, 3.05) is 4.90 Å². The molecule has 0 saturated heterocycles. The average Bonchev–Trinajstić information content (AvgIpc) is 3.21. The fraction of sp³-hybridized carbons (Fsp3) is 0.296. The highest BCUT2D eigenvalue weighted by atomic mass is 32.2. The third-order valence-corrected chi connectivity index (χ3v) is 7.08. The molecule has 0 saturated carbocycles. The van der Waals surface area contributed by atoms with E-state index in [-0.39, 0.29) is 4.90 Å². The van der Waals surface area contributed by atoms with Crippen molar-refractivity contribution in [3.8, 4) is 5.75 Å². The summed E-state index contributed by atoms with van der Waals surface area (Å²) < 4.78 is 37.3. The summed E-state index contributed by atoms with van der Waals surface area (Å²) in [6.45, 7) is 4.09. The molecule has 1 heterocycles. The summed E-state index contributed by atoms with van der Waals surface area (Å²) >= 11 is 0. The second kappa shape index (κ2) is 10.2. The maximum Gasteiger partial charge on any atom is 0.283 e. The highest BCUT2D eigenvalue weighted by molar-refractivity contribution is 7.90. The lowest BCUT2D eigenvalue weighted by Crippen LogP contribution is -2.34. The summed E-state index contributed by atoms with van der Waals surface area (Å²) in [4.78, 5) is 2.14. The fourth-order valence-corrected chi connectivity index (χ4v) is 5.03. The number of hydrogen-bond acceptors (Lipinski definition) is 3. The molecule has 0 amide bonds. The smallest absolute Gasteiger partial charge is 0.283 e. The number of sulfonamides is 1. The predicted octanol–water partition coefficient (Wildman–Crippen LogP) is 6.65. The van der Waals surface area contributed by atoms with Crippen LogP contribution >= 0.6 is 0 Å². The minimum absolute atomic E-state index is 0.198. The van der Waals surface area contributed by atoms with Crippen LogP contribution in [0.25, 0.3) is 0 Å². The predicted molar refractivity (Wildman–Crippen MR) is 133 cm³/mol. The number of hydrogen-bond donors (Lipinski definition) is 0. The van der Waals surface area contributed by atoms with Crippen molar-refractivity contribution in [3.63, 3.8) is 0 Å². The summed E-state index contributed by atoms with van der Waals surface area (Å²) in [7, 11) is -3.87. The second-order valence-corrected chi connectivity index (χ2v) is 9.93. The highest BCUT2D eigenvalue weighted by Gasteiger charge is 2.36. The van der Waals surface area contributed by atoms with Gasteiger partial charge in [0.1, 0.15) is 11.6 Å². The minimum atomic E-state index is -3.87. The van der Waals surface area contributed by atoms with E-state index in [1.807, 2.05) is 66.4 Å². The van der Waals surface area contributed by atoms with Crippen molar-refractivity contribution in [1.29, 1.82) is 0 Å². The molecule has 1 unspecified atom stereocenters. The van der Waals surface area contributed by atoms with Gasteiger partial charge in [0.2, 0.25) is 6.23 Å². The van der Waals surface area contributed by atoms with Gasteiger partial charge in [-0.05, 0) is 37.6 Å². The number of para-hydroxylation sites is 2. The summed E-state index contributed by atoms with van der Waals surface area (Å²) in [6, 6.07) is 24.4. The number of ether oxygens (including phenoxy) is 1. The van der Waals surface area contributed by atoms with E-state index in [1.54, 1.807) is 24.3 Å². The van der Waals surface area contributed by atoms with Crippen LogP contribution in [0.5, 0.6) is 5.75 Å². The van der Waals surface area contributed by atoms with Crippen LogP contribution in [0.3, 0.4) is 0 Å². The standard InChI is InChI=1S/C27H30N2O3S/c1-3-4-5-9-16-26(28-33(30,31)23-19-17-21(2)18-20-23)29-24-14-10-11-15-25(24)32-27(29)22-12-7-6-8-13-22/h6-8,10-15,17-20,27H,3-5,9,16H2,1-2H3/b28-26+. The lowest BCUT2D eigenvalue weighted by atomic mass is 10.1. The van der Waals surface area contributed by atoms with Gasteiger partial charge in [-0.1, -0.05) is 86.3 Å².